The van der Waals surface area contributed by atoms with Gasteiger partial charge in [-0.15, -0.1) is 0 Å². The van der Waals surface area contributed by atoms with Gasteiger partial charge in [-0.1, -0.05) is 34.1 Å². The molecule has 2 aromatic carbocycles. The molecule has 21 heavy (non-hydrogen) atoms. The summed E-state index contributed by atoms with van der Waals surface area (Å²) < 4.78 is 0.952. The van der Waals surface area contributed by atoms with Crippen LogP contribution in [0.4, 0.5) is 5.69 Å². The molecule has 2 rings (SSSR count). The van der Waals surface area contributed by atoms with Gasteiger partial charge in [-0.2, -0.15) is 0 Å². The van der Waals surface area contributed by atoms with Crippen LogP contribution in [0.1, 0.15) is 28.4 Å². The predicted octanol–water partition coefficient (Wildman–Crippen LogP) is 4.00. The molecule has 3 nitrogen and oxygen atoms in total. The number of hydrogen-bond acceptors (Lipinski definition) is 2. The fourth-order valence-electron chi connectivity index (χ4n) is 2.15. The van der Waals surface area contributed by atoms with E-state index < -0.39 is 0 Å². The number of rotatable bonds is 4. The summed E-state index contributed by atoms with van der Waals surface area (Å²) in [5.41, 5.74) is 9.35. The molecule has 110 valence electrons. The van der Waals surface area contributed by atoms with E-state index in [9.17, 15) is 4.79 Å². The third-order valence-electron chi connectivity index (χ3n) is 3.41. The molecule has 0 aromatic heterocycles. The first-order chi connectivity index (χ1) is 10.0. The summed E-state index contributed by atoms with van der Waals surface area (Å²) in [4.78, 5) is 14.4. The molecule has 0 atom stereocenters. The number of benzene rings is 2. The van der Waals surface area contributed by atoms with Crippen molar-refractivity contribution in [3.63, 3.8) is 0 Å². The molecule has 1 amide bonds. The van der Waals surface area contributed by atoms with Crippen molar-refractivity contribution < 1.29 is 4.79 Å². The van der Waals surface area contributed by atoms with Crippen LogP contribution in [0.2, 0.25) is 0 Å². The molecule has 0 unspecified atom stereocenters. The van der Waals surface area contributed by atoms with Crippen molar-refractivity contribution in [3.8, 4) is 0 Å². The molecule has 0 fully saturated rings. The summed E-state index contributed by atoms with van der Waals surface area (Å²) in [6, 6.07) is 13.3. The minimum Gasteiger partial charge on any atom is -0.399 e. The Kier molecular flexibility index (Phi) is 5.02. The van der Waals surface area contributed by atoms with E-state index in [1.54, 1.807) is 0 Å². The first-order valence-corrected chi connectivity index (χ1v) is 7.70. The van der Waals surface area contributed by atoms with Gasteiger partial charge in [-0.25, -0.2) is 0 Å². The number of carbonyl (C=O) groups is 1. The lowest BCUT2D eigenvalue weighted by molar-refractivity contribution is 0.0752. The smallest absolute Gasteiger partial charge is 0.254 e. The summed E-state index contributed by atoms with van der Waals surface area (Å²) in [7, 11) is 0. The van der Waals surface area contributed by atoms with Crippen molar-refractivity contribution in [3.05, 3.63) is 63.6 Å². The molecule has 2 aromatic rings. The van der Waals surface area contributed by atoms with Crippen LogP contribution in [0.5, 0.6) is 0 Å². The zero-order chi connectivity index (χ0) is 15.4. The molecule has 0 aliphatic heterocycles. The fraction of sp³-hybridized carbons (Fsp3) is 0.235. The summed E-state index contributed by atoms with van der Waals surface area (Å²) in [6.45, 7) is 5.20. The Hall–Kier alpha value is -1.81. The van der Waals surface area contributed by atoms with Gasteiger partial charge < -0.3 is 10.6 Å². The zero-order valence-electron chi connectivity index (χ0n) is 12.3. The fourth-order valence-corrected chi connectivity index (χ4v) is 2.53. The van der Waals surface area contributed by atoms with E-state index in [2.05, 4.69) is 15.9 Å². The van der Waals surface area contributed by atoms with Crippen molar-refractivity contribution in [2.45, 2.75) is 20.4 Å². The Morgan fingerprint density at radius 1 is 1.24 bits per heavy atom. The van der Waals surface area contributed by atoms with Gasteiger partial charge in [-0.3, -0.25) is 4.79 Å². The largest absolute Gasteiger partial charge is 0.399 e. The van der Waals surface area contributed by atoms with Crippen LogP contribution in [0.25, 0.3) is 0 Å². The normalized spacial score (nSPS) is 10.4. The number of hydrogen-bond donors (Lipinski definition) is 1. The summed E-state index contributed by atoms with van der Waals surface area (Å²) >= 11 is 3.47. The van der Waals surface area contributed by atoms with E-state index in [-0.39, 0.29) is 5.91 Å². The molecule has 0 aliphatic rings. The SMILES string of the molecule is CCN(Cc1cccc(N)c1)C(=O)c1ccc(C)c(Br)c1. The Morgan fingerprint density at radius 2 is 2.00 bits per heavy atom. The molecule has 0 spiro atoms. The average Bonchev–Trinajstić information content (AvgIpc) is 2.47. The van der Waals surface area contributed by atoms with Gasteiger partial charge in [-0.05, 0) is 49.2 Å². The summed E-state index contributed by atoms with van der Waals surface area (Å²) in [5, 5.41) is 0. The molecule has 0 saturated carbocycles. The van der Waals surface area contributed by atoms with Gasteiger partial charge in [0, 0.05) is 28.8 Å². The van der Waals surface area contributed by atoms with Crippen LogP contribution in [-0.4, -0.2) is 17.4 Å². The van der Waals surface area contributed by atoms with Crippen LogP contribution in [0.3, 0.4) is 0 Å². The van der Waals surface area contributed by atoms with Crippen LogP contribution < -0.4 is 5.73 Å². The third-order valence-corrected chi connectivity index (χ3v) is 4.27. The first kappa shape index (κ1) is 15.6. The maximum Gasteiger partial charge on any atom is 0.254 e. The number of nitrogen functional groups attached to an aromatic ring is 1. The Morgan fingerprint density at radius 3 is 2.62 bits per heavy atom. The topological polar surface area (TPSA) is 46.3 Å². The van der Waals surface area contributed by atoms with Crippen molar-refractivity contribution >= 4 is 27.5 Å². The van der Waals surface area contributed by atoms with Gasteiger partial charge in [0.1, 0.15) is 0 Å². The quantitative estimate of drug-likeness (QED) is 0.850. The first-order valence-electron chi connectivity index (χ1n) is 6.91. The van der Waals surface area contributed by atoms with E-state index in [1.165, 1.54) is 0 Å². The number of carbonyl (C=O) groups excluding carboxylic acids is 1. The molecule has 2 N–H and O–H groups in total. The van der Waals surface area contributed by atoms with Gasteiger partial charge in [0.15, 0.2) is 0 Å². The van der Waals surface area contributed by atoms with E-state index >= 15 is 0 Å². The lowest BCUT2D eigenvalue weighted by Gasteiger charge is -2.21. The highest BCUT2D eigenvalue weighted by atomic mass is 79.9. The highest BCUT2D eigenvalue weighted by Crippen LogP contribution is 2.19. The molecule has 0 heterocycles. The van der Waals surface area contributed by atoms with Crippen LogP contribution in [-0.2, 0) is 6.54 Å². The minimum absolute atomic E-state index is 0.0284. The Labute approximate surface area is 133 Å². The van der Waals surface area contributed by atoms with Gasteiger partial charge in [0.05, 0.1) is 0 Å². The summed E-state index contributed by atoms with van der Waals surface area (Å²) in [6.07, 6.45) is 0. The number of anilines is 1. The van der Waals surface area contributed by atoms with Gasteiger partial charge >= 0.3 is 0 Å². The van der Waals surface area contributed by atoms with Gasteiger partial charge in [0.2, 0.25) is 0 Å². The molecule has 0 aliphatic carbocycles. The molecular weight excluding hydrogens is 328 g/mol. The predicted molar refractivity (Wildman–Crippen MR) is 90.1 cm³/mol. The number of nitrogens with zero attached hydrogens (tertiary/aromatic N) is 1. The Balaban J connectivity index is 2.20. The maximum atomic E-state index is 12.6. The number of nitrogens with two attached hydrogens (primary N) is 1. The lowest BCUT2D eigenvalue weighted by Crippen LogP contribution is -2.30. The van der Waals surface area contributed by atoms with E-state index in [4.69, 9.17) is 5.73 Å². The molecule has 0 radical (unpaired) electrons. The lowest BCUT2D eigenvalue weighted by atomic mass is 10.1. The Bertz CT molecular complexity index is 655. The molecular formula is C17H19BrN2O. The third kappa shape index (κ3) is 3.85. The second-order valence-electron chi connectivity index (χ2n) is 5.03. The minimum atomic E-state index is 0.0284. The molecule has 4 heteroatoms. The highest BCUT2D eigenvalue weighted by molar-refractivity contribution is 9.10. The van der Waals surface area contributed by atoms with Crippen molar-refractivity contribution in [1.29, 1.82) is 0 Å². The molecule has 0 bridgehead atoms. The average molecular weight is 347 g/mol. The highest BCUT2D eigenvalue weighted by Gasteiger charge is 2.15. The number of aryl methyl sites for hydroxylation is 1. The van der Waals surface area contributed by atoms with E-state index in [0.717, 1.165) is 15.6 Å². The van der Waals surface area contributed by atoms with Crippen LogP contribution in [0, 0.1) is 6.92 Å². The standard InChI is InChI=1S/C17H19BrN2O/c1-3-20(11-13-5-4-6-15(19)9-13)17(21)14-8-7-12(2)16(18)10-14/h4-10H,3,11,19H2,1-2H3. The van der Waals surface area contributed by atoms with E-state index in [1.807, 2.05) is 61.2 Å². The van der Waals surface area contributed by atoms with Crippen LogP contribution in [0.15, 0.2) is 46.9 Å². The second kappa shape index (κ2) is 6.76. The monoisotopic (exact) mass is 346 g/mol. The molecule has 0 saturated heterocycles. The second-order valence-corrected chi connectivity index (χ2v) is 5.88. The number of amides is 1. The van der Waals surface area contributed by atoms with Crippen molar-refractivity contribution in [1.82, 2.24) is 4.90 Å². The van der Waals surface area contributed by atoms with E-state index in [0.29, 0.717) is 24.3 Å². The van der Waals surface area contributed by atoms with Crippen molar-refractivity contribution in [2.24, 2.45) is 0 Å². The zero-order valence-corrected chi connectivity index (χ0v) is 13.9. The van der Waals surface area contributed by atoms with Gasteiger partial charge in [0.25, 0.3) is 5.91 Å². The van der Waals surface area contributed by atoms with Crippen molar-refractivity contribution in [2.75, 3.05) is 12.3 Å². The maximum absolute atomic E-state index is 12.6. The summed E-state index contributed by atoms with van der Waals surface area (Å²) in [5.74, 6) is 0.0284. The number of halogens is 1. The van der Waals surface area contributed by atoms with Crippen LogP contribution >= 0.6 is 15.9 Å².